The summed E-state index contributed by atoms with van der Waals surface area (Å²) < 4.78 is 20.6. The van der Waals surface area contributed by atoms with Crippen molar-refractivity contribution >= 4 is 11.3 Å². The third-order valence-electron chi connectivity index (χ3n) is 1.36. The zero-order valence-corrected chi connectivity index (χ0v) is 6.68. The van der Waals surface area contributed by atoms with Crippen LogP contribution < -0.4 is 0 Å². The first kappa shape index (κ1) is 7.50. The number of hydrogen-bond acceptors (Lipinski definition) is 1. The average Bonchev–Trinajstić information content (AvgIpc) is 2.11. The van der Waals surface area contributed by atoms with E-state index in [-0.39, 0.29) is 0 Å². The maximum absolute atomic E-state index is 10.6. The van der Waals surface area contributed by atoms with Crippen LogP contribution >= 0.6 is 0 Å². The highest BCUT2D eigenvalue weighted by atomic mass is 32.2. The van der Waals surface area contributed by atoms with Gasteiger partial charge < -0.3 is 0 Å². The van der Waals surface area contributed by atoms with Crippen molar-refractivity contribution < 1.29 is 8.76 Å². The molecule has 0 saturated carbocycles. The van der Waals surface area contributed by atoms with Gasteiger partial charge in [-0.1, -0.05) is 0 Å². The Hall–Kier alpha value is -0.610. The van der Waals surface area contributed by atoms with Crippen molar-refractivity contribution in [2.75, 3.05) is 0 Å². The molecule has 0 fully saturated rings. The third-order valence-corrected chi connectivity index (χ3v) is 2.25. The van der Waals surface area contributed by atoms with Crippen molar-refractivity contribution in [3.8, 4) is 0 Å². The monoisotopic (exact) mass is 159 g/mol. The lowest BCUT2D eigenvalue weighted by molar-refractivity contribution is 0.552. The molecule has 1 N–H and O–H groups in total. The summed E-state index contributed by atoms with van der Waals surface area (Å²) in [6.07, 6.45) is 0. The Labute approximate surface area is 62.1 Å². The third kappa shape index (κ3) is 1.12. The Bertz CT molecular complexity index is 247. The largest absolute Gasteiger partial charge is 0.289 e. The molecule has 4 heteroatoms. The highest BCUT2D eigenvalue weighted by molar-refractivity contribution is 7.77. The van der Waals surface area contributed by atoms with E-state index < -0.39 is 11.3 Å². The van der Waals surface area contributed by atoms with E-state index in [0.29, 0.717) is 0 Å². The number of aromatic nitrogens is 1. The second-order valence-electron chi connectivity index (χ2n) is 2.14. The predicted octanol–water partition coefficient (Wildman–Crippen LogP) is 1.09. The normalized spacial score (nSPS) is 13.5. The van der Waals surface area contributed by atoms with E-state index in [2.05, 4.69) is 0 Å². The lowest BCUT2D eigenvalue weighted by Crippen LogP contribution is -2.05. The summed E-state index contributed by atoms with van der Waals surface area (Å²) in [6, 6.07) is 3.62. The molecule has 1 heterocycles. The van der Waals surface area contributed by atoms with Crippen molar-refractivity contribution in [2.45, 2.75) is 13.8 Å². The Morgan fingerprint density at radius 2 is 1.80 bits per heavy atom. The minimum atomic E-state index is -1.90. The number of rotatable bonds is 1. The molecule has 1 rings (SSSR count). The molecular formula is C6H9NO2S. The Balaban J connectivity index is 3.23. The molecule has 0 amide bonds. The first-order valence-corrected chi connectivity index (χ1v) is 3.95. The van der Waals surface area contributed by atoms with Crippen LogP contribution in [0.2, 0.25) is 0 Å². The first-order chi connectivity index (χ1) is 4.63. The van der Waals surface area contributed by atoms with Gasteiger partial charge in [-0.3, -0.25) is 4.55 Å². The van der Waals surface area contributed by atoms with Crippen LogP contribution in [-0.4, -0.2) is 12.7 Å². The molecule has 0 aliphatic rings. The average molecular weight is 159 g/mol. The summed E-state index contributed by atoms with van der Waals surface area (Å²) in [6.45, 7) is 3.59. The van der Waals surface area contributed by atoms with Crippen molar-refractivity contribution in [1.29, 1.82) is 0 Å². The summed E-state index contributed by atoms with van der Waals surface area (Å²) in [5.74, 6) is 0. The van der Waals surface area contributed by atoms with E-state index in [1.807, 2.05) is 12.1 Å². The summed E-state index contributed by atoms with van der Waals surface area (Å²) in [4.78, 5) is 0. The van der Waals surface area contributed by atoms with Crippen molar-refractivity contribution in [3.63, 3.8) is 0 Å². The Morgan fingerprint density at radius 3 is 2.00 bits per heavy atom. The molecule has 1 aromatic rings. The molecule has 1 aromatic heterocycles. The molecule has 0 spiro atoms. The molecule has 1 atom stereocenters. The number of aryl methyl sites for hydroxylation is 2. The van der Waals surface area contributed by atoms with Crippen molar-refractivity contribution in [2.24, 2.45) is 0 Å². The van der Waals surface area contributed by atoms with E-state index >= 15 is 0 Å². The topological polar surface area (TPSA) is 42.2 Å². The fourth-order valence-corrected chi connectivity index (χ4v) is 1.52. The fourth-order valence-electron chi connectivity index (χ4n) is 0.901. The van der Waals surface area contributed by atoms with Crippen LogP contribution in [0.5, 0.6) is 0 Å². The van der Waals surface area contributed by atoms with Gasteiger partial charge in [0.05, 0.1) is 0 Å². The second-order valence-corrected chi connectivity index (χ2v) is 2.97. The van der Waals surface area contributed by atoms with E-state index in [1.165, 1.54) is 3.97 Å². The minimum absolute atomic E-state index is 0.804. The van der Waals surface area contributed by atoms with Gasteiger partial charge in [0.2, 0.25) is 0 Å². The van der Waals surface area contributed by atoms with Gasteiger partial charge in [-0.25, -0.2) is 8.18 Å². The van der Waals surface area contributed by atoms with Crippen LogP contribution in [0.1, 0.15) is 11.4 Å². The smallest absolute Gasteiger partial charge is 0.265 e. The zero-order chi connectivity index (χ0) is 7.72. The molecule has 0 aromatic carbocycles. The SMILES string of the molecule is Cc1ccc(C)n1S(=O)O. The fraction of sp³-hybridized carbons (Fsp3) is 0.333. The summed E-state index contributed by atoms with van der Waals surface area (Å²) in [5, 5.41) is 0. The lowest BCUT2D eigenvalue weighted by atomic mass is 10.5. The van der Waals surface area contributed by atoms with E-state index in [1.54, 1.807) is 13.8 Å². The highest BCUT2D eigenvalue weighted by Gasteiger charge is 2.03. The Kier molecular flexibility index (Phi) is 1.92. The maximum Gasteiger partial charge on any atom is 0.265 e. The molecule has 3 nitrogen and oxygen atoms in total. The van der Waals surface area contributed by atoms with Crippen LogP contribution in [0.25, 0.3) is 0 Å². The van der Waals surface area contributed by atoms with Gasteiger partial charge in [0.15, 0.2) is 0 Å². The van der Waals surface area contributed by atoms with Crippen molar-refractivity contribution in [3.05, 3.63) is 23.5 Å². The quantitative estimate of drug-likeness (QED) is 0.623. The number of nitrogens with zero attached hydrogens (tertiary/aromatic N) is 1. The van der Waals surface area contributed by atoms with Crippen LogP contribution in [-0.2, 0) is 11.3 Å². The molecule has 0 aliphatic heterocycles. The lowest BCUT2D eigenvalue weighted by Gasteiger charge is -2.00. The molecule has 0 saturated heterocycles. The zero-order valence-electron chi connectivity index (χ0n) is 5.87. The standard InChI is InChI=1S/C6H9NO2S/c1-5-3-4-6(2)7(5)10(8)9/h3-4H,1-2H3,(H,8,9). The first-order valence-electron chi connectivity index (χ1n) is 2.89. The predicted molar refractivity (Wildman–Crippen MR) is 40.1 cm³/mol. The minimum Gasteiger partial charge on any atom is -0.289 e. The molecule has 0 radical (unpaired) electrons. The highest BCUT2D eigenvalue weighted by Crippen LogP contribution is 2.06. The molecule has 10 heavy (non-hydrogen) atoms. The van der Waals surface area contributed by atoms with Gasteiger partial charge in [0, 0.05) is 11.4 Å². The van der Waals surface area contributed by atoms with E-state index in [0.717, 1.165) is 11.4 Å². The Morgan fingerprint density at radius 1 is 1.40 bits per heavy atom. The molecule has 56 valence electrons. The van der Waals surface area contributed by atoms with Crippen LogP contribution in [0, 0.1) is 13.8 Å². The summed E-state index contributed by atoms with van der Waals surface area (Å²) in [5.41, 5.74) is 1.61. The van der Waals surface area contributed by atoms with Crippen molar-refractivity contribution in [1.82, 2.24) is 3.97 Å². The maximum atomic E-state index is 10.6. The van der Waals surface area contributed by atoms with Gasteiger partial charge in [-0.2, -0.15) is 0 Å². The summed E-state index contributed by atoms with van der Waals surface area (Å²) >= 11 is -1.90. The van der Waals surface area contributed by atoms with E-state index in [9.17, 15) is 4.21 Å². The molecule has 0 aliphatic carbocycles. The van der Waals surface area contributed by atoms with Crippen LogP contribution in [0.15, 0.2) is 12.1 Å². The van der Waals surface area contributed by atoms with Crippen LogP contribution in [0.4, 0.5) is 0 Å². The van der Waals surface area contributed by atoms with E-state index in [4.69, 9.17) is 4.55 Å². The summed E-state index contributed by atoms with van der Waals surface area (Å²) in [7, 11) is 0. The van der Waals surface area contributed by atoms with Gasteiger partial charge in [-0.15, -0.1) is 0 Å². The van der Waals surface area contributed by atoms with Gasteiger partial charge >= 0.3 is 0 Å². The molecular weight excluding hydrogens is 150 g/mol. The number of hydrogen-bond donors (Lipinski definition) is 1. The molecule has 0 bridgehead atoms. The van der Waals surface area contributed by atoms with Gasteiger partial charge in [-0.05, 0) is 26.0 Å². The van der Waals surface area contributed by atoms with Gasteiger partial charge in [0.1, 0.15) is 0 Å². The second kappa shape index (κ2) is 2.56. The van der Waals surface area contributed by atoms with Gasteiger partial charge in [0.25, 0.3) is 11.3 Å². The molecule has 1 unspecified atom stereocenters. The van der Waals surface area contributed by atoms with Crippen LogP contribution in [0.3, 0.4) is 0 Å².